The van der Waals surface area contributed by atoms with E-state index in [0.29, 0.717) is 0 Å². The second-order valence-electron chi connectivity index (χ2n) is 6.17. The van der Waals surface area contributed by atoms with Gasteiger partial charge in [0.2, 0.25) is 11.7 Å². The lowest BCUT2D eigenvalue weighted by atomic mass is 9.94. The molecular formula is C17H22N3O2+. The Kier molecular flexibility index (Phi) is 3.98. The van der Waals surface area contributed by atoms with Crippen molar-refractivity contribution < 1.29 is 14.5 Å². The van der Waals surface area contributed by atoms with Gasteiger partial charge in [-0.25, -0.2) is 0 Å². The zero-order valence-corrected chi connectivity index (χ0v) is 12.8. The first-order valence-electron chi connectivity index (χ1n) is 7.82. The van der Waals surface area contributed by atoms with Crippen molar-refractivity contribution in [3.05, 3.63) is 36.0 Å². The minimum Gasteiger partial charge on any atom is -0.369 e. The Morgan fingerprint density at radius 1 is 1.27 bits per heavy atom. The third-order valence-corrected chi connectivity index (χ3v) is 4.89. The molecular weight excluding hydrogens is 278 g/mol. The Morgan fingerprint density at radius 3 is 2.64 bits per heavy atom. The summed E-state index contributed by atoms with van der Waals surface area (Å²) in [6.45, 7) is 3.62. The van der Waals surface area contributed by atoms with E-state index in [-0.39, 0.29) is 23.7 Å². The van der Waals surface area contributed by atoms with Gasteiger partial charge in [-0.1, -0.05) is 18.2 Å². The largest absolute Gasteiger partial charge is 0.369 e. The summed E-state index contributed by atoms with van der Waals surface area (Å²) in [5.74, 6) is -0.0845. The fourth-order valence-electron chi connectivity index (χ4n) is 3.40. The molecule has 5 heteroatoms. The first-order chi connectivity index (χ1) is 10.6. The van der Waals surface area contributed by atoms with Gasteiger partial charge in [0.25, 0.3) is 0 Å². The lowest BCUT2D eigenvalue weighted by Gasteiger charge is -2.31. The number of H-pyrrole nitrogens is 1. The van der Waals surface area contributed by atoms with Crippen LogP contribution in [0.1, 0.15) is 30.1 Å². The summed E-state index contributed by atoms with van der Waals surface area (Å²) in [4.78, 5) is 28.4. The summed E-state index contributed by atoms with van der Waals surface area (Å²) in [5.41, 5.74) is 7.11. The number of Topliss-reactive ketones (excluding diaryl/α,β-unsaturated/α-hetero) is 1. The van der Waals surface area contributed by atoms with E-state index < -0.39 is 0 Å². The Labute approximate surface area is 129 Å². The minimum absolute atomic E-state index is 0.0286. The number of hydrogen-bond acceptors (Lipinski definition) is 2. The van der Waals surface area contributed by atoms with Crippen LogP contribution in [0.15, 0.2) is 30.5 Å². The number of benzene rings is 1. The van der Waals surface area contributed by atoms with E-state index in [0.717, 1.165) is 42.4 Å². The molecule has 1 atom stereocenters. The van der Waals surface area contributed by atoms with E-state index in [2.05, 4.69) is 4.98 Å². The normalized spacial score (nSPS) is 23.3. The number of primary amides is 1. The van der Waals surface area contributed by atoms with Gasteiger partial charge in [0.05, 0.1) is 13.1 Å². The number of fused-ring (bicyclic) bond motifs is 1. The van der Waals surface area contributed by atoms with Crippen molar-refractivity contribution in [3.8, 4) is 0 Å². The number of para-hydroxylation sites is 1. The van der Waals surface area contributed by atoms with Crippen LogP contribution in [-0.2, 0) is 4.79 Å². The zero-order chi connectivity index (χ0) is 15.7. The molecule has 22 heavy (non-hydrogen) atoms. The molecule has 0 radical (unpaired) electrons. The standard InChI is InChI=1S/C17H21N3O2/c1-11(20-8-6-12(7-9-20)17(18)22)16(21)14-10-19-15-5-3-2-4-13(14)15/h2-5,10-12,19H,6-9H2,1H3,(H2,18,22)/p+1/t11-/m0/s1. The van der Waals surface area contributed by atoms with Crippen LogP contribution in [-0.4, -0.2) is 35.8 Å². The van der Waals surface area contributed by atoms with Crippen LogP contribution < -0.4 is 10.6 Å². The van der Waals surface area contributed by atoms with Gasteiger partial charge in [-0.05, 0) is 13.0 Å². The fraction of sp³-hybridized carbons (Fsp3) is 0.412. The van der Waals surface area contributed by atoms with E-state index in [1.165, 1.54) is 4.90 Å². The van der Waals surface area contributed by atoms with Crippen molar-refractivity contribution in [2.75, 3.05) is 13.1 Å². The van der Waals surface area contributed by atoms with Gasteiger partial charge in [0.1, 0.15) is 6.04 Å². The molecule has 5 nitrogen and oxygen atoms in total. The van der Waals surface area contributed by atoms with E-state index >= 15 is 0 Å². The first-order valence-corrected chi connectivity index (χ1v) is 7.82. The molecule has 0 unspecified atom stereocenters. The number of hydrogen-bond donors (Lipinski definition) is 3. The summed E-state index contributed by atoms with van der Waals surface area (Å²) in [7, 11) is 0. The monoisotopic (exact) mass is 300 g/mol. The minimum atomic E-state index is -0.213. The highest BCUT2D eigenvalue weighted by molar-refractivity contribution is 6.09. The number of aromatic nitrogens is 1. The molecule has 1 aromatic carbocycles. The predicted molar refractivity (Wildman–Crippen MR) is 84.7 cm³/mol. The number of aromatic amines is 1. The molecule has 3 rings (SSSR count). The number of nitrogens with two attached hydrogens (primary N) is 1. The number of nitrogens with one attached hydrogen (secondary N) is 2. The van der Waals surface area contributed by atoms with Gasteiger partial charge in [-0.3, -0.25) is 9.59 Å². The highest BCUT2D eigenvalue weighted by Gasteiger charge is 2.33. The smallest absolute Gasteiger partial charge is 0.221 e. The fourth-order valence-corrected chi connectivity index (χ4v) is 3.40. The van der Waals surface area contributed by atoms with Crippen LogP contribution in [0.4, 0.5) is 0 Å². The maximum Gasteiger partial charge on any atom is 0.221 e. The highest BCUT2D eigenvalue weighted by atomic mass is 16.1. The van der Waals surface area contributed by atoms with Crippen LogP contribution >= 0.6 is 0 Å². The number of rotatable bonds is 4. The number of piperidine rings is 1. The number of ketones is 1. The average molecular weight is 300 g/mol. The molecule has 2 heterocycles. The predicted octanol–water partition coefficient (Wildman–Crippen LogP) is 0.519. The number of amides is 1. The number of carbonyl (C=O) groups excluding carboxylic acids is 2. The number of quaternary nitrogens is 1. The van der Waals surface area contributed by atoms with Crippen molar-refractivity contribution in [2.24, 2.45) is 11.7 Å². The maximum absolute atomic E-state index is 12.8. The van der Waals surface area contributed by atoms with Crippen LogP contribution in [0.5, 0.6) is 0 Å². The Hall–Kier alpha value is -2.14. The van der Waals surface area contributed by atoms with Crippen LogP contribution in [0.3, 0.4) is 0 Å². The molecule has 2 aromatic rings. The van der Waals surface area contributed by atoms with Crippen LogP contribution in [0.2, 0.25) is 0 Å². The second kappa shape index (κ2) is 5.93. The Balaban J connectivity index is 1.74. The van der Waals surface area contributed by atoms with Gasteiger partial charge in [-0.15, -0.1) is 0 Å². The molecule has 1 aliphatic rings. The number of carbonyl (C=O) groups is 2. The second-order valence-corrected chi connectivity index (χ2v) is 6.17. The van der Waals surface area contributed by atoms with E-state index in [1.807, 2.05) is 31.2 Å². The van der Waals surface area contributed by atoms with Crippen molar-refractivity contribution in [1.29, 1.82) is 0 Å². The van der Waals surface area contributed by atoms with Crippen molar-refractivity contribution in [3.63, 3.8) is 0 Å². The zero-order valence-electron chi connectivity index (χ0n) is 12.8. The average Bonchev–Trinajstić information content (AvgIpc) is 2.97. The van der Waals surface area contributed by atoms with E-state index in [1.54, 1.807) is 6.20 Å². The molecule has 1 aliphatic heterocycles. The lowest BCUT2D eigenvalue weighted by molar-refractivity contribution is -0.919. The van der Waals surface area contributed by atoms with Gasteiger partial charge in [0, 0.05) is 41.4 Å². The quantitative estimate of drug-likeness (QED) is 0.720. The van der Waals surface area contributed by atoms with E-state index in [9.17, 15) is 9.59 Å². The van der Waals surface area contributed by atoms with Crippen molar-refractivity contribution in [1.82, 2.24) is 4.98 Å². The van der Waals surface area contributed by atoms with Crippen molar-refractivity contribution in [2.45, 2.75) is 25.8 Å². The molecule has 0 saturated carbocycles. The SMILES string of the molecule is C[C@@H](C(=O)c1c[nH]c2ccccc12)[NH+]1CCC(C(N)=O)CC1. The molecule has 116 valence electrons. The maximum atomic E-state index is 12.8. The molecule has 1 fully saturated rings. The molecule has 0 aliphatic carbocycles. The molecule has 0 spiro atoms. The van der Waals surface area contributed by atoms with Crippen molar-refractivity contribution >= 4 is 22.6 Å². The molecule has 4 N–H and O–H groups in total. The topological polar surface area (TPSA) is 80.4 Å². The first kappa shape index (κ1) is 14.8. The summed E-state index contributed by atoms with van der Waals surface area (Å²) in [5, 5.41) is 0.978. The summed E-state index contributed by atoms with van der Waals surface area (Å²) in [6, 6.07) is 7.75. The third kappa shape index (κ3) is 2.64. The molecule has 1 aromatic heterocycles. The van der Waals surface area contributed by atoms with Crippen LogP contribution in [0, 0.1) is 5.92 Å². The lowest BCUT2D eigenvalue weighted by Crippen LogP contribution is -3.17. The molecule has 0 bridgehead atoms. The number of likely N-dealkylation sites (tertiary alicyclic amines) is 1. The third-order valence-electron chi connectivity index (χ3n) is 4.89. The van der Waals surface area contributed by atoms with Gasteiger partial charge in [-0.2, -0.15) is 0 Å². The highest BCUT2D eigenvalue weighted by Crippen LogP contribution is 2.19. The molecule has 1 saturated heterocycles. The summed E-state index contributed by atoms with van der Waals surface area (Å²) in [6.07, 6.45) is 3.35. The van der Waals surface area contributed by atoms with Crippen LogP contribution in [0.25, 0.3) is 10.9 Å². The van der Waals surface area contributed by atoms with Gasteiger partial charge < -0.3 is 15.6 Å². The summed E-state index contributed by atoms with van der Waals surface area (Å²) >= 11 is 0. The van der Waals surface area contributed by atoms with Gasteiger partial charge in [0.15, 0.2) is 0 Å². The summed E-state index contributed by atoms with van der Waals surface area (Å²) < 4.78 is 0. The van der Waals surface area contributed by atoms with Gasteiger partial charge >= 0.3 is 0 Å². The van der Waals surface area contributed by atoms with E-state index in [4.69, 9.17) is 5.73 Å². The molecule has 1 amide bonds. The Bertz CT molecular complexity index is 699. The Morgan fingerprint density at radius 2 is 1.95 bits per heavy atom.